The fourth-order valence-electron chi connectivity index (χ4n) is 7.88. The molecule has 4 fully saturated rings. The van der Waals surface area contributed by atoms with Gasteiger partial charge in [0.25, 0.3) is 0 Å². The van der Waals surface area contributed by atoms with Gasteiger partial charge in [0.2, 0.25) is 0 Å². The van der Waals surface area contributed by atoms with Crippen molar-refractivity contribution in [2.45, 2.75) is 78.1 Å². The van der Waals surface area contributed by atoms with Crippen LogP contribution >= 0.6 is 0 Å². The van der Waals surface area contributed by atoms with Gasteiger partial charge in [0.1, 0.15) is 0 Å². The van der Waals surface area contributed by atoms with Crippen molar-refractivity contribution in [1.29, 1.82) is 0 Å². The Balaban J connectivity index is 1.59. The summed E-state index contributed by atoms with van der Waals surface area (Å²) in [5, 5.41) is 0. The molecule has 4 aliphatic rings. The number of methoxy groups -OCH3 is 1. The average molecular weight is 305 g/mol. The smallest absolute Gasteiger partial charge is 0.0495 e. The SMILES string of the molecule is COCC1CC[C@H]2[C@@H]3CCC4CCCC[C@]4(C)[C@@H]3CC[C@]12C. The predicted molar refractivity (Wildman–Crippen MR) is 91.7 cm³/mol. The molecule has 0 N–H and O–H groups in total. The van der Waals surface area contributed by atoms with Gasteiger partial charge in [0.05, 0.1) is 0 Å². The van der Waals surface area contributed by atoms with E-state index >= 15 is 0 Å². The molecule has 4 rings (SSSR count). The summed E-state index contributed by atoms with van der Waals surface area (Å²) in [5.74, 6) is 4.99. The van der Waals surface area contributed by atoms with Crippen LogP contribution in [0.5, 0.6) is 0 Å². The number of hydrogen-bond donors (Lipinski definition) is 0. The molecule has 0 saturated heterocycles. The fraction of sp³-hybridized carbons (Fsp3) is 1.00. The lowest BCUT2D eigenvalue weighted by atomic mass is 9.45. The molecule has 0 radical (unpaired) electrons. The molecule has 0 aromatic heterocycles. The zero-order valence-electron chi connectivity index (χ0n) is 15.1. The van der Waals surface area contributed by atoms with Crippen LogP contribution in [0.2, 0.25) is 0 Å². The Morgan fingerprint density at radius 1 is 0.818 bits per heavy atom. The second kappa shape index (κ2) is 5.50. The maximum atomic E-state index is 5.58. The molecule has 4 aliphatic carbocycles. The first-order valence-corrected chi connectivity index (χ1v) is 10.1. The molecule has 1 heteroatoms. The third-order valence-electron chi connectivity index (χ3n) is 9.15. The van der Waals surface area contributed by atoms with Gasteiger partial charge in [0, 0.05) is 13.7 Å². The van der Waals surface area contributed by atoms with Crippen LogP contribution in [0.25, 0.3) is 0 Å². The van der Waals surface area contributed by atoms with E-state index in [1.807, 2.05) is 7.11 Å². The molecular weight excluding hydrogens is 268 g/mol. The molecule has 1 nitrogen and oxygen atoms in total. The second-order valence-corrected chi connectivity index (χ2v) is 9.68. The molecule has 2 unspecified atom stereocenters. The lowest BCUT2D eigenvalue weighted by Crippen LogP contribution is -2.52. The van der Waals surface area contributed by atoms with Crippen LogP contribution in [0, 0.1) is 40.4 Å². The monoisotopic (exact) mass is 304 g/mol. The van der Waals surface area contributed by atoms with E-state index in [1.165, 1.54) is 51.4 Å². The highest BCUT2D eigenvalue weighted by molar-refractivity contribution is 5.08. The third-order valence-corrected chi connectivity index (χ3v) is 9.15. The minimum absolute atomic E-state index is 0.592. The molecule has 0 aliphatic heterocycles. The van der Waals surface area contributed by atoms with Crippen LogP contribution in [0.3, 0.4) is 0 Å². The van der Waals surface area contributed by atoms with E-state index in [0.29, 0.717) is 10.8 Å². The molecule has 0 heterocycles. The van der Waals surface area contributed by atoms with E-state index in [4.69, 9.17) is 4.74 Å². The first-order chi connectivity index (χ1) is 10.6. The second-order valence-electron chi connectivity index (χ2n) is 9.68. The van der Waals surface area contributed by atoms with Crippen molar-refractivity contribution in [3.8, 4) is 0 Å². The Morgan fingerprint density at radius 3 is 2.45 bits per heavy atom. The summed E-state index contributed by atoms with van der Waals surface area (Å²) in [6.45, 7) is 6.32. The minimum atomic E-state index is 0.592. The molecule has 126 valence electrons. The van der Waals surface area contributed by atoms with E-state index in [1.54, 1.807) is 12.8 Å². The Morgan fingerprint density at radius 2 is 1.64 bits per heavy atom. The molecular formula is C21H36O. The van der Waals surface area contributed by atoms with Crippen molar-refractivity contribution >= 4 is 0 Å². The van der Waals surface area contributed by atoms with E-state index in [9.17, 15) is 0 Å². The molecule has 0 spiro atoms. The van der Waals surface area contributed by atoms with Gasteiger partial charge in [-0.25, -0.2) is 0 Å². The highest BCUT2D eigenvalue weighted by Gasteiger charge is 2.59. The number of hydrogen-bond acceptors (Lipinski definition) is 1. The lowest BCUT2D eigenvalue weighted by molar-refractivity contribution is -0.114. The summed E-state index contributed by atoms with van der Waals surface area (Å²) in [7, 11) is 1.90. The summed E-state index contributed by atoms with van der Waals surface area (Å²) in [6.07, 6.45) is 15.1. The first kappa shape index (κ1) is 15.5. The van der Waals surface area contributed by atoms with Gasteiger partial charge in [-0.05, 0) is 91.8 Å². The normalized spacial score (nSPS) is 54.4. The van der Waals surface area contributed by atoms with Crippen molar-refractivity contribution in [2.24, 2.45) is 40.4 Å². The maximum Gasteiger partial charge on any atom is 0.0495 e. The van der Waals surface area contributed by atoms with Crippen molar-refractivity contribution in [3.63, 3.8) is 0 Å². The average Bonchev–Trinajstić information content (AvgIpc) is 2.84. The topological polar surface area (TPSA) is 9.23 Å². The molecule has 0 aromatic carbocycles. The zero-order chi connectivity index (χ0) is 15.4. The highest BCUT2D eigenvalue weighted by atomic mass is 16.5. The Hall–Kier alpha value is -0.0400. The van der Waals surface area contributed by atoms with E-state index in [2.05, 4.69) is 13.8 Å². The molecule has 0 bridgehead atoms. The summed E-state index contributed by atoms with van der Waals surface area (Å²) in [6, 6.07) is 0. The summed E-state index contributed by atoms with van der Waals surface area (Å²) < 4.78 is 5.58. The van der Waals surface area contributed by atoms with E-state index < -0.39 is 0 Å². The van der Waals surface area contributed by atoms with Gasteiger partial charge in [-0.2, -0.15) is 0 Å². The van der Waals surface area contributed by atoms with Gasteiger partial charge in [0.15, 0.2) is 0 Å². The maximum absolute atomic E-state index is 5.58. The summed E-state index contributed by atoms with van der Waals surface area (Å²) in [5.41, 5.74) is 1.29. The van der Waals surface area contributed by atoms with Gasteiger partial charge in [-0.15, -0.1) is 0 Å². The van der Waals surface area contributed by atoms with E-state index in [0.717, 1.165) is 36.2 Å². The largest absolute Gasteiger partial charge is 0.384 e. The Kier molecular flexibility index (Phi) is 3.87. The molecule has 0 amide bonds. The van der Waals surface area contributed by atoms with Crippen LogP contribution in [-0.4, -0.2) is 13.7 Å². The van der Waals surface area contributed by atoms with Gasteiger partial charge < -0.3 is 4.74 Å². The third kappa shape index (κ3) is 2.06. The van der Waals surface area contributed by atoms with Crippen molar-refractivity contribution in [2.75, 3.05) is 13.7 Å². The standard InChI is InChI=1S/C21H36O/c1-20-12-5-4-6-15(20)7-9-17-18-10-8-16(14-22-3)21(18,2)13-11-19(17)20/h15-19H,4-14H2,1-3H3/t15?,16?,17-,18-,19+,20-,21+/m0/s1. The molecule has 0 aromatic rings. The van der Waals surface area contributed by atoms with Crippen LogP contribution in [0.1, 0.15) is 78.1 Å². The van der Waals surface area contributed by atoms with Crippen molar-refractivity contribution in [1.82, 2.24) is 0 Å². The molecule has 7 atom stereocenters. The molecule has 4 saturated carbocycles. The quantitative estimate of drug-likeness (QED) is 0.637. The van der Waals surface area contributed by atoms with Crippen molar-refractivity contribution < 1.29 is 4.74 Å². The Labute approximate surface area is 137 Å². The van der Waals surface area contributed by atoms with Gasteiger partial charge >= 0.3 is 0 Å². The van der Waals surface area contributed by atoms with Gasteiger partial charge in [-0.3, -0.25) is 0 Å². The minimum Gasteiger partial charge on any atom is -0.384 e. The van der Waals surface area contributed by atoms with Crippen LogP contribution < -0.4 is 0 Å². The first-order valence-electron chi connectivity index (χ1n) is 10.1. The predicted octanol–water partition coefficient (Wildman–Crippen LogP) is 5.68. The highest BCUT2D eigenvalue weighted by Crippen LogP contribution is 2.67. The molecule has 22 heavy (non-hydrogen) atoms. The Bertz CT molecular complexity index is 418. The van der Waals surface area contributed by atoms with E-state index in [-0.39, 0.29) is 0 Å². The van der Waals surface area contributed by atoms with Crippen LogP contribution in [0.15, 0.2) is 0 Å². The zero-order valence-corrected chi connectivity index (χ0v) is 15.1. The fourth-order valence-corrected chi connectivity index (χ4v) is 7.88. The number of rotatable bonds is 2. The van der Waals surface area contributed by atoms with Crippen LogP contribution in [-0.2, 0) is 4.74 Å². The summed E-state index contributed by atoms with van der Waals surface area (Å²) in [4.78, 5) is 0. The number of ether oxygens (including phenoxy) is 1. The van der Waals surface area contributed by atoms with Crippen LogP contribution in [0.4, 0.5) is 0 Å². The number of fused-ring (bicyclic) bond motifs is 5. The lowest BCUT2D eigenvalue weighted by Gasteiger charge is -2.60. The van der Waals surface area contributed by atoms with Crippen molar-refractivity contribution in [3.05, 3.63) is 0 Å². The van der Waals surface area contributed by atoms with Gasteiger partial charge in [-0.1, -0.05) is 26.7 Å². The summed E-state index contributed by atoms with van der Waals surface area (Å²) >= 11 is 0.